The number of ether oxygens (including phenoxy) is 1. The molecule has 1 aromatic carbocycles. The van der Waals surface area contributed by atoms with Crippen LogP contribution in [0.3, 0.4) is 0 Å². The molecule has 1 aromatic rings. The van der Waals surface area contributed by atoms with Crippen molar-refractivity contribution in [1.29, 1.82) is 0 Å². The maximum absolute atomic E-state index is 12.1. The largest absolute Gasteiger partial charge is 0.444 e. The van der Waals surface area contributed by atoms with Crippen LogP contribution in [0.5, 0.6) is 0 Å². The van der Waals surface area contributed by atoms with Gasteiger partial charge >= 0.3 is 6.09 Å². The van der Waals surface area contributed by atoms with Crippen LogP contribution in [0.1, 0.15) is 27.7 Å². The third-order valence-electron chi connectivity index (χ3n) is 3.50. The van der Waals surface area contributed by atoms with E-state index in [4.69, 9.17) is 10.5 Å². The fourth-order valence-electron chi connectivity index (χ4n) is 2.50. The Kier molecular flexibility index (Phi) is 4.30. The molecule has 5 nitrogen and oxygen atoms in total. The zero-order valence-electron chi connectivity index (χ0n) is 13.3. The number of hydrogen-bond acceptors (Lipinski definition) is 4. The van der Waals surface area contributed by atoms with Crippen molar-refractivity contribution < 1.29 is 9.53 Å². The highest BCUT2D eigenvalue weighted by molar-refractivity contribution is 5.69. The number of anilines is 2. The van der Waals surface area contributed by atoms with Crippen molar-refractivity contribution in [1.82, 2.24) is 4.90 Å². The molecule has 1 amide bonds. The standard InChI is InChI=1S/C16H25N3O2/c1-12-11-18(15(20)21-16(2,3)4)9-10-19(12)14-7-5-13(17)6-8-14/h5-8,12H,9-11,17H2,1-4H3/t12-/m1/s1. The maximum atomic E-state index is 12.1. The van der Waals surface area contributed by atoms with E-state index in [1.54, 1.807) is 4.90 Å². The van der Waals surface area contributed by atoms with Gasteiger partial charge < -0.3 is 20.3 Å². The summed E-state index contributed by atoms with van der Waals surface area (Å²) in [5.41, 5.74) is 7.18. The summed E-state index contributed by atoms with van der Waals surface area (Å²) in [6.07, 6.45) is -0.230. The first-order valence-corrected chi connectivity index (χ1v) is 7.36. The van der Waals surface area contributed by atoms with Crippen molar-refractivity contribution in [3.05, 3.63) is 24.3 Å². The molecular formula is C16H25N3O2. The second-order valence-corrected chi connectivity index (χ2v) is 6.56. The van der Waals surface area contributed by atoms with Crippen LogP contribution in [0.2, 0.25) is 0 Å². The van der Waals surface area contributed by atoms with Crippen molar-refractivity contribution in [2.24, 2.45) is 0 Å². The molecule has 0 unspecified atom stereocenters. The van der Waals surface area contributed by atoms with Crippen LogP contribution in [0, 0.1) is 0 Å². The number of carbonyl (C=O) groups excluding carboxylic acids is 1. The SMILES string of the molecule is C[C@@H]1CN(C(=O)OC(C)(C)C)CCN1c1ccc(N)cc1. The Morgan fingerprint density at radius 2 is 1.86 bits per heavy atom. The fraction of sp³-hybridized carbons (Fsp3) is 0.562. The van der Waals surface area contributed by atoms with Crippen LogP contribution in [-0.4, -0.2) is 42.3 Å². The van der Waals surface area contributed by atoms with Crippen LogP contribution in [0.15, 0.2) is 24.3 Å². The highest BCUT2D eigenvalue weighted by Crippen LogP contribution is 2.22. The minimum atomic E-state index is -0.450. The molecule has 5 heteroatoms. The van der Waals surface area contributed by atoms with Crippen molar-refractivity contribution in [3.63, 3.8) is 0 Å². The summed E-state index contributed by atoms with van der Waals surface area (Å²) in [6, 6.07) is 8.10. The Bertz CT molecular complexity index is 493. The Hall–Kier alpha value is -1.91. The summed E-state index contributed by atoms with van der Waals surface area (Å²) >= 11 is 0. The quantitative estimate of drug-likeness (QED) is 0.808. The molecule has 21 heavy (non-hydrogen) atoms. The van der Waals surface area contributed by atoms with Gasteiger partial charge in [-0.15, -0.1) is 0 Å². The third kappa shape index (κ3) is 4.03. The number of amides is 1. The molecule has 1 aliphatic heterocycles. The molecule has 0 bridgehead atoms. The number of nitrogens with zero attached hydrogens (tertiary/aromatic N) is 2. The molecule has 2 N–H and O–H groups in total. The van der Waals surface area contributed by atoms with E-state index in [1.807, 2.05) is 45.0 Å². The van der Waals surface area contributed by atoms with Crippen molar-refractivity contribution in [2.45, 2.75) is 39.3 Å². The van der Waals surface area contributed by atoms with Gasteiger partial charge in [-0.25, -0.2) is 4.79 Å². The second kappa shape index (κ2) is 5.84. The van der Waals surface area contributed by atoms with Gasteiger partial charge in [0.05, 0.1) is 0 Å². The number of nitrogens with two attached hydrogens (primary N) is 1. The lowest BCUT2D eigenvalue weighted by molar-refractivity contribution is 0.0219. The normalized spacial score (nSPS) is 19.5. The number of nitrogen functional groups attached to an aromatic ring is 1. The average molecular weight is 291 g/mol. The van der Waals surface area contributed by atoms with Gasteiger partial charge in [-0.05, 0) is 52.0 Å². The number of piperazine rings is 1. The molecule has 2 rings (SSSR count). The van der Waals surface area contributed by atoms with Gasteiger partial charge in [0.25, 0.3) is 0 Å². The first-order valence-electron chi connectivity index (χ1n) is 7.36. The summed E-state index contributed by atoms with van der Waals surface area (Å²) < 4.78 is 5.43. The third-order valence-corrected chi connectivity index (χ3v) is 3.50. The van der Waals surface area contributed by atoms with Gasteiger partial charge in [0.15, 0.2) is 0 Å². The molecule has 0 aliphatic carbocycles. The van der Waals surface area contributed by atoms with Crippen LogP contribution in [-0.2, 0) is 4.74 Å². The molecule has 0 aromatic heterocycles. The molecule has 116 valence electrons. The van der Waals surface area contributed by atoms with Crippen molar-refractivity contribution >= 4 is 17.5 Å². The highest BCUT2D eigenvalue weighted by atomic mass is 16.6. The van der Waals surface area contributed by atoms with Gasteiger partial charge in [-0.2, -0.15) is 0 Å². The number of benzene rings is 1. The summed E-state index contributed by atoms with van der Waals surface area (Å²) in [5, 5.41) is 0. The molecule has 1 aliphatic rings. The summed E-state index contributed by atoms with van der Waals surface area (Å²) in [6.45, 7) is 9.91. The molecule has 0 saturated carbocycles. The monoisotopic (exact) mass is 291 g/mol. The van der Waals surface area contributed by atoms with E-state index in [0.717, 1.165) is 17.9 Å². The average Bonchev–Trinajstić information content (AvgIpc) is 2.38. The van der Waals surface area contributed by atoms with E-state index in [-0.39, 0.29) is 12.1 Å². The fourth-order valence-corrected chi connectivity index (χ4v) is 2.50. The van der Waals surface area contributed by atoms with Gasteiger partial charge in [0, 0.05) is 37.1 Å². The molecule has 0 radical (unpaired) electrons. The zero-order valence-corrected chi connectivity index (χ0v) is 13.3. The lowest BCUT2D eigenvalue weighted by Gasteiger charge is -2.41. The topological polar surface area (TPSA) is 58.8 Å². The van der Waals surface area contributed by atoms with E-state index in [2.05, 4.69) is 11.8 Å². The summed E-state index contributed by atoms with van der Waals surface area (Å²) in [5.74, 6) is 0. The molecule has 1 atom stereocenters. The number of hydrogen-bond donors (Lipinski definition) is 1. The first-order chi connectivity index (χ1) is 9.76. The minimum absolute atomic E-state index is 0.230. The molecule has 1 fully saturated rings. The highest BCUT2D eigenvalue weighted by Gasteiger charge is 2.29. The van der Waals surface area contributed by atoms with E-state index >= 15 is 0 Å². The Morgan fingerprint density at radius 3 is 2.38 bits per heavy atom. The van der Waals surface area contributed by atoms with Crippen LogP contribution in [0.25, 0.3) is 0 Å². The van der Waals surface area contributed by atoms with Gasteiger partial charge in [-0.3, -0.25) is 0 Å². The smallest absolute Gasteiger partial charge is 0.410 e. The lowest BCUT2D eigenvalue weighted by atomic mass is 10.1. The summed E-state index contributed by atoms with van der Waals surface area (Å²) in [4.78, 5) is 16.2. The van der Waals surface area contributed by atoms with Crippen LogP contribution in [0.4, 0.5) is 16.2 Å². The van der Waals surface area contributed by atoms with Gasteiger partial charge in [-0.1, -0.05) is 0 Å². The predicted octanol–water partition coefficient (Wildman–Crippen LogP) is 2.71. The number of carbonyl (C=O) groups is 1. The Balaban J connectivity index is 1.99. The van der Waals surface area contributed by atoms with E-state index < -0.39 is 5.60 Å². The number of rotatable bonds is 1. The summed E-state index contributed by atoms with van der Waals surface area (Å²) in [7, 11) is 0. The zero-order chi connectivity index (χ0) is 15.6. The van der Waals surface area contributed by atoms with Crippen molar-refractivity contribution in [3.8, 4) is 0 Å². The lowest BCUT2D eigenvalue weighted by Crippen LogP contribution is -2.54. The van der Waals surface area contributed by atoms with E-state index in [1.165, 1.54) is 0 Å². The van der Waals surface area contributed by atoms with Crippen LogP contribution >= 0.6 is 0 Å². The molecule has 1 heterocycles. The van der Waals surface area contributed by atoms with Crippen molar-refractivity contribution in [2.75, 3.05) is 30.3 Å². The van der Waals surface area contributed by atoms with Gasteiger partial charge in [0.2, 0.25) is 0 Å². The van der Waals surface area contributed by atoms with Crippen LogP contribution < -0.4 is 10.6 Å². The van der Waals surface area contributed by atoms with E-state index in [0.29, 0.717) is 13.1 Å². The molecule has 0 spiro atoms. The Morgan fingerprint density at radius 1 is 1.24 bits per heavy atom. The second-order valence-electron chi connectivity index (χ2n) is 6.56. The van der Waals surface area contributed by atoms with Gasteiger partial charge in [0.1, 0.15) is 5.60 Å². The molecule has 1 saturated heterocycles. The molecular weight excluding hydrogens is 266 g/mol. The predicted molar refractivity (Wildman–Crippen MR) is 85.5 cm³/mol. The first kappa shape index (κ1) is 15.5. The van der Waals surface area contributed by atoms with E-state index in [9.17, 15) is 4.79 Å². The minimum Gasteiger partial charge on any atom is -0.444 e. The maximum Gasteiger partial charge on any atom is 0.410 e. The Labute approximate surface area is 126 Å².